The number of fused-ring (bicyclic) bond motifs is 1. The molecule has 3 aromatic rings. The fourth-order valence-corrected chi connectivity index (χ4v) is 4.85. The highest BCUT2D eigenvalue weighted by molar-refractivity contribution is 7.99. The Balaban J connectivity index is 1.81. The van der Waals surface area contributed by atoms with Crippen molar-refractivity contribution in [3.8, 4) is 17.2 Å². The lowest BCUT2D eigenvalue weighted by molar-refractivity contribution is 0.324. The Labute approximate surface area is 185 Å². The third-order valence-corrected chi connectivity index (χ3v) is 6.58. The van der Waals surface area contributed by atoms with Gasteiger partial charge in [0.25, 0.3) is 0 Å². The summed E-state index contributed by atoms with van der Waals surface area (Å²) in [4.78, 5) is 6.14. The number of ether oxygens (including phenoxy) is 3. The summed E-state index contributed by atoms with van der Waals surface area (Å²) < 4.78 is 16.6. The lowest BCUT2D eigenvalue weighted by Crippen LogP contribution is -2.06. The maximum Gasteiger partial charge on any atom is 0.203 e. The molecule has 1 aliphatic rings. The monoisotopic (exact) mass is 439 g/mol. The fourth-order valence-electron chi connectivity index (χ4n) is 3.51. The lowest BCUT2D eigenvalue weighted by Gasteiger charge is -2.20. The van der Waals surface area contributed by atoms with E-state index >= 15 is 0 Å². The van der Waals surface area contributed by atoms with E-state index in [4.69, 9.17) is 30.8 Å². The van der Waals surface area contributed by atoms with E-state index in [1.54, 1.807) is 33.1 Å². The number of rotatable bonds is 5. The first-order valence-electron chi connectivity index (χ1n) is 9.52. The third kappa shape index (κ3) is 4.13. The van der Waals surface area contributed by atoms with Gasteiger partial charge < -0.3 is 14.2 Å². The van der Waals surface area contributed by atoms with Gasteiger partial charge in [-0.25, -0.2) is 0 Å². The van der Waals surface area contributed by atoms with Gasteiger partial charge in [-0.2, -0.15) is 0 Å². The Morgan fingerprint density at radius 3 is 2.20 bits per heavy atom. The number of halogens is 1. The molecule has 4 rings (SSSR count). The highest BCUT2D eigenvalue weighted by Crippen LogP contribution is 2.49. The molecular formula is C24H22ClNO3S. The van der Waals surface area contributed by atoms with E-state index in [1.165, 1.54) is 0 Å². The van der Waals surface area contributed by atoms with Crippen molar-refractivity contribution in [2.75, 3.05) is 21.3 Å². The van der Waals surface area contributed by atoms with Gasteiger partial charge >= 0.3 is 0 Å². The zero-order valence-corrected chi connectivity index (χ0v) is 18.6. The summed E-state index contributed by atoms with van der Waals surface area (Å²) >= 11 is 7.89. The predicted octanol–water partition coefficient (Wildman–Crippen LogP) is 6.72. The van der Waals surface area contributed by atoms with Gasteiger partial charge in [0.2, 0.25) is 5.75 Å². The van der Waals surface area contributed by atoms with E-state index in [2.05, 4.69) is 12.1 Å². The summed E-state index contributed by atoms with van der Waals surface area (Å²) in [5.74, 6) is 1.89. The third-order valence-electron chi connectivity index (χ3n) is 5.00. The van der Waals surface area contributed by atoms with E-state index in [-0.39, 0.29) is 5.25 Å². The number of hydrogen-bond donors (Lipinski definition) is 0. The summed E-state index contributed by atoms with van der Waals surface area (Å²) in [5.41, 5.74) is 4.15. The zero-order chi connectivity index (χ0) is 21.1. The van der Waals surface area contributed by atoms with Crippen LogP contribution < -0.4 is 14.2 Å². The molecule has 0 spiro atoms. The number of para-hydroxylation sites is 1. The van der Waals surface area contributed by atoms with Gasteiger partial charge in [0.05, 0.1) is 27.0 Å². The van der Waals surface area contributed by atoms with Gasteiger partial charge in [0, 0.05) is 27.3 Å². The van der Waals surface area contributed by atoms with Crippen LogP contribution >= 0.6 is 23.4 Å². The standard InChI is InChI=1S/C24H22ClNO3S/c1-27-20-12-16(13-21(28-2)24(20)29-3)23-14-19(15-8-10-17(25)11-9-15)26-18-6-4-5-7-22(18)30-23/h4-13,23H,14H2,1-3H3/t23-/m1/s1. The molecule has 1 atom stereocenters. The number of thioether (sulfide) groups is 1. The molecule has 1 heterocycles. The molecule has 4 nitrogen and oxygen atoms in total. The summed E-state index contributed by atoms with van der Waals surface area (Å²) in [5, 5.41) is 0.834. The molecule has 0 bridgehead atoms. The van der Waals surface area contributed by atoms with Crippen molar-refractivity contribution >= 4 is 34.8 Å². The van der Waals surface area contributed by atoms with Crippen LogP contribution in [0.2, 0.25) is 5.02 Å². The van der Waals surface area contributed by atoms with Crippen molar-refractivity contribution in [2.24, 2.45) is 4.99 Å². The quantitative estimate of drug-likeness (QED) is 0.442. The summed E-state index contributed by atoms with van der Waals surface area (Å²) in [7, 11) is 4.89. The number of nitrogens with zero attached hydrogens (tertiary/aromatic N) is 1. The van der Waals surface area contributed by atoms with Crippen LogP contribution in [0.25, 0.3) is 0 Å². The highest BCUT2D eigenvalue weighted by atomic mass is 35.5. The van der Waals surface area contributed by atoms with E-state index < -0.39 is 0 Å². The first-order valence-corrected chi connectivity index (χ1v) is 10.8. The average molecular weight is 440 g/mol. The number of aliphatic imine (C=N–C) groups is 1. The molecule has 0 unspecified atom stereocenters. The number of methoxy groups -OCH3 is 3. The second-order valence-electron chi connectivity index (χ2n) is 6.80. The maximum absolute atomic E-state index is 6.10. The minimum Gasteiger partial charge on any atom is -0.493 e. The topological polar surface area (TPSA) is 40.0 Å². The molecule has 0 amide bonds. The molecule has 0 radical (unpaired) electrons. The van der Waals surface area contributed by atoms with Crippen LogP contribution in [0.15, 0.2) is 70.6 Å². The molecule has 0 N–H and O–H groups in total. The van der Waals surface area contributed by atoms with E-state index in [0.29, 0.717) is 22.3 Å². The normalized spacial score (nSPS) is 15.6. The van der Waals surface area contributed by atoms with Crippen molar-refractivity contribution in [1.29, 1.82) is 0 Å². The number of benzene rings is 3. The fraction of sp³-hybridized carbons (Fsp3) is 0.208. The van der Waals surface area contributed by atoms with Crippen molar-refractivity contribution in [3.05, 3.63) is 76.8 Å². The minimum absolute atomic E-state index is 0.122. The Hall–Kier alpha value is -2.63. The highest BCUT2D eigenvalue weighted by Gasteiger charge is 2.25. The Morgan fingerprint density at radius 1 is 0.900 bits per heavy atom. The molecule has 0 aliphatic carbocycles. The Kier molecular flexibility index (Phi) is 6.21. The molecule has 0 fully saturated rings. The molecule has 30 heavy (non-hydrogen) atoms. The summed E-state index contributed by atoms with van der Waals surface area (Å²) in [6, 6.07) is 20.1. The average Bonchev–Trinajstić information content (AvgIpc) is 2.98. The molecule has 1 aliphatic heterocycles. The van der Waals surface area contributed by atoms with E-state index in [1.807, 2.05) is 48.5 Å². The largest absolute Gasteiger partial charge is 0.493 e. The minimum atomic E-state index is 0.122. The van der Waals surface area contributed by atoms with Crippen LogP contribution in [-0.4, -0.2) is 27.0 Å². The summed E-state index contributed by atoms with van der Waals surface area (Å²) in [6.07, 6.45) is 0.750. The van der Waals surface area contributed by atoms with Gasteiger partial charge in [-0.1, -0.05) is 35.9 Å². The Morgan fingerprint density at radius 2 is 1.57 bits per heavy atom. The molecule has 154 valence electrons. The smallest absolute Gasteiger partial charge is 0.203 e. The van der Waals surface area contributed by atoms with Crippen molar-refractivity contribution in [3.63, 3.8) is 0 Å². The first kappa shape index (κ1) is 20.6. The van der Waals surface area contributed by atoms with Crippen LogP contribution in [0.5, 0.6) is 17.2 Å². The predicted molar refractivity (Wildman–Crippen MR) is 123 cm³/mol. The lowest BCUT2D eigenvalue weighted by atomic mass is 10.0. The van der Waals surface area contributed by atoms with Gasteiger partial charge in [-0.15, -0.1) is 11.8 Å². The van der Waals surface area contributed by atoms with Crippen LogP contribution in [0.4, 0.5) is 5.69 Å². The Bertz CT molecular complexity index is 1060. The van der Waals surface area contributed by atoms with Gasteiger partial charge in [0.15, 0.2) is 11.5 Å². The van der Waals surface area contributed by atoms with Crippen LogP contribution in [0, 0.1) is 0 Å². The molecule has 6 heteroatoms. The van der Waals surface area contributed by atoms with E-state index in [9.17, 15) is 0 Å². The van der Waals surface area contributed by atoms with Gasteiger partial charge in [0.1, 0.15) is 0 Å². The summed E-state index contributed by atoms with van der Waals surface area (Å²) in [6.45, 7) is 0. The second kappa shape index (κ2) is 9.02. The number of hydrogen-bond acceptors (Lipinski definition) is 5. The zero-order valence-electron chi connectivity index (χ0n) is 17.0. The molecule has 3 aromatic carbocycles. The van der Waals surface area contributed by atoms with Crippen molar-refractivity contribution in [2.45, 2.75) is 16.6 Å². The van der Waals surface area contributed by atoms with Crippen molar-refractivity contribution < 1.29 is 14.2 Å². The van der Waals surface area contributed by atoms with Crippen LogP contribution in [-0.2, 0) is 0 Å². The first-order chi connectivity index (χ1) is 14.6. The molecule has 0 saturated heterocycles. The SMILES string of the molecule is COc1cc([C@H]2CC(c3ccc(Cl)cc3)=Nc3ccccc3S2)cc(OC)c1OC. The molecular weight excluding hydrogens is 418 g/mol. The second-order valence-corrected chi connectivity index (χ2v) is 8.48. The van der Waals surface area contributed by atoms with Gasteiger partial charge in [-0.05, 0) is 47.5 Å². The van der Waals surface area contributed by atoms with Crippen LogP contribution in [0.3, 0.4) is 0 Å². The maximum atomic E-state index is 6.10. The van der Waals surface area contributed by atoms with E-state index in [0.717, 1.165) is 33.8 Å². The molecule has 0 aromatic heterocycles. The van der Waals surface area contributed by atoms with Crippen molar-refractivity contribution in [1.82, 2.24) is 0 Å². The van der Waals surface area contributed by atoms with Gasteiger partial charge in [-0.3, -0.25) is 4.99 Å². The molecule has 0 saturated carbocycles. The van der Waals surface area contributed by atoms with Crippen LogP contribution in [0.1, 0.15) is 22.8 Å².